The number of nitriles is 1. The lowest BCUT2D eigenvalue weighted by Gasteiger charge is -2.13. The van der Waals surface area contributed by atoms with Crippen molar-refractivity contribution < 1.29 is 13.2 Å². The Morgan fingerprint density at radius 3 is 2.81 bits per heavy atom. The SMILES string of the molecule is Cn1nc(C(=O)Nc2sc3c(c2C#N)CCCC3)c2c1CCS(=O)(=O)C2. The van der Waals surface area contributed by atoms with E-state index >= 15 is 0 Å². The molecule has 0 aromatic carbocycles. The van der Waals surface area contributed by atoms with Gasteiger partial charge < -0.3 is 5.32 Å². The maximum Gasteiger partial charge on any atom is 0.277 e. The monoisotopic (exact) mass is 390 g/mol. The first-order valence-electron chi connectivity index (χ1n) is 8.51. The summed E-state index contributed by atoms with van der Waals surface area (Å²) in [7, 11) is -1.49. The summed E-state index contributed by atoms with van der Waals surface area (Å²) in [6.45, 7) is 0. The number of sulfone groups is 1. The number of hydrogen-bond acceptors (Lipinski definition) is 6. The van der Waals surface area contributed by atoms with Crippen molar-refractivity contribution in [2.75, 3.05) is 11.1 Å². The summed E-state index contributed by atoms with van der Waals surface area (Å²) in [5, 5.41) is 17.1. The summed E-state index contributed by atoms with van der Waals surface area (Å²) in [5.74, 6) is -0.532. The molecule has 2 aromatic rings. The minimum absolute atomic E-state index is 0.0802. The molecule has 26 heavy (non-hydrogen) atoms. The van der Waals surface area contributed by atoms with Gasteiger partial charge in [-0.15, -0.1) is 11.3 Å². The Bertz CT molecular complexity index is 1060. The van der Waals surface area contributed by atoms with E-state index in [1.807, 2.05) is 0 Å². The molecule has 7 nitrogen and oxygen atoms in total. The molecule has 1 aliphatic heterocycles. The maximum absolute atomic E-state index is 12.8. The van der Waals surface area contributed by atoms with Gasteiger partial charge in [0.05, 0.1) is 17.1 Å². The smallest absolute Gasteiger partial charge is 0.277 e. The van der Waals surface area contributed by atoms with E-state index in [0.29, 0.717) is 22.5 Å². The first-order valence-corrected chi connectivity index (χ1v) is 11.1. The first kappa shape index (κ1) is 17.2. The molecule has 1 N–H and O–H groups in total. The molecule has 4 rings (SSSR count). The quantitative estimate of drug-likeness (QED) is 0.844. The third-order valence-electron chi connectivity index (χ3n) is 5.01. The standard InChI is InChI=1S/C17H18N4O3S2/c1-21-13-6-7-26(23,24)9-12(13)15(20-21)16(22)19-17-11(8-18)10-4-2-3-5-14(10)25-17/h2-7,9H2,1H3,(H,19,22). The van der Waals surface area contributed by atoms with Gasteiger partial charge in [-0.1, -0.05) is 0 Å². The number of fused-ring (bicyclic) bond motifs is 2. The fraction of sp³-hybridized carbons (Fsp3) is 0.471. The number of anilines is 1. The Hall–Kier alpha value is -2.18. The molecule has 9 heteroatoms. The van der Waals surface area contributed by atoms with Crippen LogP contribution in [0.3, 0.4) is 0 Å². The van der Waals surface area contributed by atoms with Crippen molar-refractivity contribution in [3.8, 4) is 6.07 Å². The summed E-state index contributed by atoms with van der Waals surface area (Å²) >= 11 is 1.45. The zero-order valence-electron chi connectivity index (χ0n) is 14.3. The second-order valence-corrected chi connectivity index (χ2v) is 10.0. The zero-order chi connectivity index (χ0) is 18.5. The van der Waals surface area contributed by atoms with Crippen LogP contribution in [0.2, 0.25) is 0 Å². The topological polar surface area (TPSA) is 105 Å². The maximum atomic E-state index is 12.8. The van der Waals surface area contributed by atoms with Gasteiger partial charge in [0.15, 0.2) is 15.5 Å². The molecule has 0 saturated carbocycles. The summed E-state index contributed by atoms with van der Waals surface area (Å²) in [5.41, 5.74) is 2.99. The van der Waals surface area contributed by atoms with Gasteiger partial charge in [-0.3, -0.25) is 9.48 Å². The molecule has 1 amide bonds. The fourth-order valence-electron chi connectivity index (χ4n) is 3.73. The number of nitrogens with zero attached hydrogens (tertiary/aromatic N) is 3. The minimum atomic E-state index is -3.21. The van der Waals surface area contributed by atoms with Gasteiger partial charge in [0.1, 0.15) is 11.1 Å². The largest absolute Gasteiger partial charge is 0.311 e. The summed E-state index contributed by atoms with van der Waals surface area (Å²) in [6, 6.07) is 2.22. The van der Waals surface area contributed by atoms with Gasteiger partial charge in [-0.25, -0.2) is 8.42 Å². The van der Waals surface area contributed by atoms with E-state index < -0.39 is 15.7 Å². The van der Waals surface area contributed by atoms with Gasteiger partial charge in [0, 0.05) is 29.6 Å². The van der Waals surface area contributed by atoms with Crippen LogP contribution in [0.1, 0.15) is 50.6 Å². The number of carbonyl (C=O) groups excluding carboxylic acids is 1. The van der Waals surface area contributed by atoms with Crippen molar-refractivity contribution in [2.24, 2.45) is 7.05 Å². The van der Waals surface area contributed by atoms with Gasteiger partial charge in [-0.05, 0) is 31.2 Å². The Morgan fingerprint density at radius 2 is 2.04 bits per heavy atom. The molecule has 3 heterocycles. The van der Waals surface area contributed by atoms with Crippen LogP contribution < -0.4 is 5.32 Å². The molecule has 2 aliphatic rings. The second kappa shape index (κ2) is 6.21. The number of aryl methyl sites for hydroxylation is 2. The number of carbonyl (C=O) groups is 1. The molecule has 1 aliphatic carbocycles. The van der Waals surface area contributed by atoms with Crippen molar-refractivity contribution >= 4 is 32.1 Å². The highest BCUT2D eigenvalue weighted by Gasteiger charge is 2.31. The molecule has 2 aromatic heterocycles. The molecular weight excluding hydrogens is 372 g/mol. The number of amides is 1. The average molecular weight is 390 g/mol. The normalized spacial score (nSPS) is 17.8. The Morgan fingerprint density at radius 1 is 1.27 bits per heavy atom. The van der Waals surface area contributed by atoms with Crippen LogP contribution in [-0.2, 0) is 41.9 Å². The third-order valence-corrected chi connectivity index (χ3v) is 7.78. The number of hydrogen-bond donors (Lipinski definition) is 1. The number of rotatable bonds is 2. The van der Waals surface area contributed by atoms with Crippen molar-refractivity contribution in [1.82, 2.24) is 9.78 Å². The van der Waals surface area contributed by atoms with Gasteiger partial charge in [0.2, 0.25) is 0 Å². The van der Waals surface area contributed by atoms with Crippen LogP contribution in [0.4, 0.5) is 5.00 Å². The van der Waals surface area contributed by atoms with Crippen LogP contribution >= 0.6 is 11.3 Å². The van der Waals surface area contributed by atoms with Crippen molar-refractivity contribution in [2.45, 2.75) is 37.9 Å². The summed E-state index contributed by atoms with van der Waals surface area (Å²) in [4.78, 5) is 14.0. The van der Waals surface area contributed by atoms with E-state index in [1.165, 1.54) is 11.3 Å². The lowest BCUT2D eigenvalue weighted by Crippen LogP contribution is -2.22. The van der Waals surface area contributed by atoms with Crippen LogP contribution in [0, 0.1) is 11.3 Å². The molecule has 0 radical (unpaired) electrons. The molecular formula is C17H18N4O3S2. The molecule has 136 valence electrons. The van der Waals surface area contributed by atoms with Crippen LogP contribution in [0.25, 0.3) is 0 Å². The third kappa shape index (κ3) is 2.83. The van der Waals surface area contributed by atoms with E-state index in [-0.39, 0.29) is 17.2 Å². The fourth-order valence-corrected chi connectivity index (χ4v) is 6.35. The van der Waals surface area contributed by atoms with Gasteiger partial charge in [-0.2, -0.15) is 10.4 Å². The highest BCUT2D eigenvalue weighted by molar-refractivity contribution is 7.90. The minimum Gasteiger partial charge on any atom is -0.311 e. The molecule has 0 atom stereocenters. The Balaban J connectivity index is 1.69. The molecule has 0 unspecified atom stereocenters. The highest BCUT2D eigenvalue weighted by atomic mass is 32.2. The number of aromatic nitrogens is 2. The van der Waals surface area contributed by atoms with Crippen molar-refractivity contribution in [3.05, 3.63) is 33.0 Å². The van der Waals surface area contributed by atoms with E-state index in [2.05, 4.69) is 16.5 Å². The molecule has 0 bridgehead atoms. The lowest BCUT2D eigenvalue weighted by atomic mass is 9.96. The summed E-state index contributed by atoms with van der Waals surface area (Å²) < 4.78 is 25.5. The number of thiophene rings is 1. The van der Waals surface area contributed by atoms with E-state index in [9.17, 15) is 18.5 Å². The van der Waals surface area contributed by atoms with Crippen LogP contribution in [-0.4, -0.2) is 29.9 Å². The number of nitrogens with one attached hydrogen (secondary N) is 1. The van der Waals surface area contributed by atoms with Crippen molar-refractivity contribution in [1.29, 1.82) is 5.26 Å². The predicted molar refractivity (Wildman–Crippen MR) is 98.0 cm³/mol. The van der Waals surface area contributed by atoms with Crippen LogP contribution in [0.5, 0.6) is 0 Å². The molecule has 0 saturated heterocycles. The average Bonchev–Trinajstić information content (AvgIpc) is 3.10. The van der Waals surface area contributed by atoms with Crippen LogP contribution in [0.15, 0.2) is 0 Å². The highest BCUT2D eigenvalue weighted by Crippen LogP contribution is 2.38. The zero-order valence-corrected chi connectivity index (χ0v) is 16.0. The first-order chi connectivity index (χ1) is 12.4. The Labute approximate surface area is 155 Å². The lowest BCUT2D eigenvalue weighted by molar-refractivity contribution is 0.102. The van der Waals surface area contributed by atoms with Gasteiger partial charge >= 0.3 is 0 Å². The van der Waals surface area contributed by atoms with E-state index in [4.69, 9.17) is 0 Å². The second-order valence-electron chi connectivity index (χ2n) is 6.72. The van der Waals surface area contributed by atoms with E-state index in [1.54, 1.807) is 11.7 Å². The van der Waals surface area contributed by atoms with Crippen molar-refractivity contribution in [3.63, 3.8) is 0 Å². The van der Waals surface area contributed by atoms with E-state index in [0.717, 1.165) is 41.8 Å². The predicted octanol–water partition coefficient (Wildman–Crippen LogP) is 1.96. The molecule has 0 fully saturated rings. The summed E-state index contributed by atoms with van der Waals surface area (Å²) in [6.07, 6.45) is 4.31. The van der Waals surface area contributed by atoms with Gasteiger partial charge in [0.25, 0.3) is 5.91 Å². The molecule has 0 spiro atoms. The Kier molecular flexibility index (Phi) is 4.12.